The van der Waals surface area contributed by atoms with Crippen LogP contribution in [0.25, 0.3) is 22.2 Å². The summed E-state index contributed by atoms with van der Waals surface area (Å²) in [6.45, 7) is 2.98. The molecule has 4 heterocycles. The first-order valence-electron chi connectivity index (χ1n) is 10.1. The number of amides is 1. The Bertz CT molecular complexity index is 1140. The van der Waals surface area contributed by atoms with Gasteiger partial charge in [-0.3, -0.25) is 4.79 Å². The second-order valence-electron chi connectivity index (χ2n) is 7.93. The molecule has 1 atom stereocenters. The summed E-state index contributed by atoms with van der Waals surface area (Å²) in [6.07, 6.45) is -0.363. The lowest BCUT2D eigenvalue weighted by Crippen LogP contribution is -2.37. The number of aromatic amines is 1. The zero-order valence-electron chi connectivity index (χ0n) is 16.6. The quantitative estimate of drug-likeness (QED) is 0.625. The van der Waals surface area contributed by atoms with Crippen molar-refractivity contribution in [3.63, 3.8) is 0 Å². The number of nitrogens with zero attached hydrogens (tertiary/aromatic N) is 2. The van der Waals surface area contributed by atoms with Gasteiger partial charge in [-0.25, -0.2) is 4.98 Å². The number of rotatable bonds is 3. The molecule has 0 spiro atoms. The average Bonchev–Trinajstić information content (AvgIpc) is 3.22. The van der Waals surface area contributed by atoms with Crippen molar-refractivity contribution in [2.75, 3.05) is 26.3 Å². The summed E-state index contributed by atoms with van der Waals surface area (Å²) in [5.74, 6) is 0. The molecule has 1 amide bonds. The number of hydrogen-bond donors (Lipinski definition) is 2. The minimum atomic E-state index is -4.46. The van der Waals surface area contributed by atoms with E-state index >= 15 is 0 Å². The molecule has 0 radical (unpaired) electrons. The second kappa shape index (κ2) is 7.65. The van der Waals surface area contributed by atoms with Gasteiger partial charge in [0.1, 0.15) is 5.65 Å². The van der Waals surface area contributed by atoms with Gasteiger partial charge < -0.3 is 19.9 Å². The molecule has 162 valence electrons. The van der Waals surface area contributed by atoms with Crippen LogP contribution in [-0.2, 0) is 28.7 Å². The first-order chi connectivity index (χ1) is 14.9. The molecular formula is C22H21F3N4O2. The van der Waals surface area contributed by atoms with Crippen molar-refractivity contribution in [3.8, 4) is 11.1 Å². The number of aromatic nitrogens is 2. The predicted molar refractivity (Wildman–Crippen MR) is 108 cm³/mol. The largest absolute Gasteiger partial charge is 0.418 e. The topological polar surface area (TPSA) is 70.2 Å². The van der Waals surface area contributed by atoms with Gasteiger partial charge in [-0.1, -0.05) is 6.07 Å². The van der Waals surface area contributed by atoms with E-state index in [1.807, 2.05) is 12.1 Å². The molecule has 0 bridgehead atoms. The summed E-state index contributed by atoms with van der Waals surface area (Å²) in [5, 5.41) is 3.50. The molecule has 0 aliphatic carbocycles. The number of benzene rings is 1. The molecule has 1 saturated heterocycles. The van der Waals surface area contributed by atoms with Crippen LogP contribution < -0.4 is 5.32 Å². The van der Waals surface area contributed by atoms with E-state index in [2.05, 4.69) is 15.3 Å². The number of halogens is 3. The minimum absolute atomic E-state index is 0.0382. The smallest absolute Gasteiger partial charge is 0.378 e. The van der Waals surface area contributed by atoms with Gasteiger partial charge >= 0.3 is 6.18 Å². The number of morpholine rings is 1. The molecule has 9 heteroatoms. The standard InChI is InChI=1S/C22H21F3N4O2/c23-22(24,25)19-9-28-21-17(19)7-15(8-27-21)14-5-13-1-3-29(12-30)10-18(13)16(6-14)20-11-31-4-2-26-20/h5-9,12,20,26H,1-4,10-11H2,(H,27,28). The highest BCUT2D eigenvalue weighted by atomic mass is 19.4. The summed E-state index contributed by atoms with van der Waals surface area (Å²) in [7, 11) is 0. The van der Waals surface area contributed by atoms with Crippen molar-refractivity contribution in [3.05, 3.63) is 52.8 Å². The average molecular weight is 430 g/mol. The third-order valence-corrected chi connectivity index (χ3v) is 6.02. The number of pyridine rings is 1. The van der Waals surface area contributed by atoms with Crippen molar-refractivity contribution in [1.29, 1.82) is 0 Å². The molecule has 6 nitrogen and oxygen atoms in total. The Morgan fingerprint density at radius 2 is 2.10 bits per heavy atom. The molecule has 31 heavy (non-hydrogen) atoms. The third kappa shape index (κ3) is 3.68. The summed E-state index contributed by atoms with van der Waals surface area (Å²) in [4.78, 5) is 19.9. The molecule has 0 saturated carbocycles. The van der Waals surface area contributed by atoms with Gasteiger partial charge in [-0.15, -0.1) is 0 Å². The molecule has 1 unspecified atom stereocenters. The van der Waals surface area contributed by atoms with Crippen molar-refractivity contribution >= 4 is 17.4 Å². The number of alkyl halides is 3. The molecule has 2 aliphatic rings. The highest BCUT2D eigenvalue weighted by molar-refractivity contribution is 5.85. The van der Waals surface area contributed by atoms with Crippen LogP contribution in [0.2, 0.25) is 0 Å². The number of nitrogens with one attached hydrogen (secondary N) is 2. The highest BCUT2D eigenvalue weighted by Gasteiger charge is 2.34. The summed E-state index contributed by atoms with van der Waals surface area (Å²) >= 11 is 0. The maximum absolute atomic E-state index is 13.4. The molecule has 2 aromatic heterocycles. The van der Waals surface area contributed by atoms with Gasteiger partial charge in [0, 0.05) is 43.0 Å². The number of carbonyl (C=O) groups is 1. The van der Waals surface area contributed by atoms with Crippen LogP contribution in [0.3, 0.4) is 0 Å². The maximum atomic E-state index is 13.4. The molecule has 3 aromatic rings. The number of carbonyl (C=O) groups excluding carboxylic acids is 1. The fourth-order valence-corrected chi connectivity index (χ4v) is 4.45. The van der Waals surface area contributed by atoms with Gasteiger partial charge in [-0.2, -0.15) is 13.2 Å². The van der Waals surface area contributed by atoms with Crippen molar-refractivity contribution in [2.24, 2.45) is 0 Å². The van der Waals surface area contributed by atoms with Gasteiger partial charge in [0.25, 0.3) is 0 Å². The van der Waals surface area contributed by atoms with Crippen LogP contribution in [0.5, 0.6) is 0 Å². The molecular weight excluding hydrogens is 409 g/mol. The van der Waals surface area contributed by atoms with Gasteiger partial charge in [0.15, 0.2) is 0 Å². The van der Waals surface area contributed by atoms with Crippen molar-refractivity contribution in [2.45, 2.75) is 25.2 Å². The van der Waals surface area contributed by atoms with Crippen molar-refractivity contribution < 1.29 is 22.7 Å². The molecule has 2 aliphatic heterocycles. The van der Waals surface area contributed by atoms with Crippen LogP contribution in [0.1, 0.15) is 28.3 Å². The SMILES string of the molecule is O=CN1CCc2cc(-c3cnc4[nH]cc(C(F)(F)F)c4c3)cc(C3COCCN3)c2C1. The Hall–Kier alpha value is -2.91. The Morgan fingerprint density at radius 1 is 1.23 bits per heavy atom. The van der Waals surface area contributed by atoms with E-state index in [1.165, 1.54) is 0 Å². The monoisotopic (exact) mass is 430 g/mol. The van der Waals surface area contributed by atoms with E-state index in [1.54, 1.807) is 17.2 Å². The lowest BCUT2D eigenvalue weighted by Gasteiger charge is -2.32. The van der Waals surface area contributed by atoms with Crippen molar-refractivity contribution in [1.82, 2.24) is 20.2 Å². The Kier molecular flexibility index (Phi) is 4.94. The molecule has 2 N–H and O–H groups in total. The highest BCUT2D eigenvalue weighted by Crippen LogP contribution is 2.37. The summed E-state index contributed by atoms with van der Waals surface area (Å²) in [6, 6.07) is 5.50. The van der Waals surface area contributed by atoms with Crippen LogP contribution in [0.4, 0.5) is 13.2 Å². The van der Waals surface area contributed by atoms with Crippen LogP contribution in [-0.4, -0.2) is 47.6 Å². The first-order valence-corrected chi connectivity index (χ1v) is 10.1. The number of ether oxygens (including phenoxy) is 1. The van der Waals surface area contributed by atoms with E-state index < -0.39 is 11.7 Å². The number of fused-ring (bicyclic) bond motifs is 2. The molecule has 5 rings (SSSR count). The van der Waals surface area contributed by atoms with E-state index in [0.29, 0.717) is 44.8 Å². The summed E-state index contributed by atoms with van der Waals surface area (Å²) in [5.41, 5.74) is 4.11. The molecule has 1 fully saturated rings. The summed E-state index contributed by atoms with van der Waals surface area (Å²) < 4.78 is 45.8. The first kappa shape index (κ1) is 20.0. The van der Waals surface area contributed by atoms with E-state index in [9.17, 15) is 18.0 Å². The Morgan fingerprint density at radius 3 is 2.84 bits per heavy atom. The van der Waals surface area contributed by atoms with Crippen LogP contribution >= 0.6 is 0 Å². The van der Waals surface area contributed by atoms with Crippen LogP contribution in [0.15, 0.2) is 30.6 Å². The maximum Gasteiger partial charge on any atom is 0.418 e. The lowest BCUT2D eigenvalue weighted by atomic mass is 9.87. The number of H-pyrrole nitrogens is 1. The van der Waals surface area contributed by atoms with E-state index in [-0.39, 0.29) is 17.1 Å². The third-order valence-electron chi connectivity index (χ3n) is 6.02. The fraction of sp³-hybridized carbons (Fsp3) is 0.364. The predicted octanol–water partition coefficient (Wildman–Crippen LogP) is 3.42. The fourth-order valence-electron chi connectivity index (χ4n) is 4.45. The van der Waals surface area contributed by atoms with E-state index in [4.69, 9.17) is 4.74 Å². The minimum Gasteiger partial charge on any atom is -0.378 e. The van der Waals surface area contributed by atoms with Gasteiger partial charge in [-0.05, 0) is 40.8 Å². The van der Waals surface area contributed by atoms with Crippen LogP contribution in [0, 0.1) is 0 Å². The van der Waals surface area contributed by atoms with E-state index in [0.717, 1.165) is 34.9 Å². The molecule has 1 aromatic carbocycles. The normalized spacial score (nSPS) is 19.5. The lowest BCUT2D eigenvalue weighted by molar-refractivity contribution is -0.136. The zero-order chi connectivity index (χ0) is 21.6. The Labute approximate surface area is 176 Å². The Balaban J connectivity index is 1.63. The van der Waals surface area contributed by atoms with Gasteiger partial charge in [0.05, 0.1) is 24.8 Å². The second-order valence-corrected chi connectivity index (χ2v) is 7.93. The van der Waals surface area contributed by atoms with Gasteiger partial charge in [0.2, 0.25) is 6.41 Å². The number of hydrogen-bond acceptors (Lipinski definition) is 4. The zero-order valence-corrected chi connectivity index (χ0v) is 16.6.